The van der Waals surface area contributed by atoms with E-state index < -0.39 is 0 Å². The summed E-state index contributed by atoms with van der Waals surface area (Å²) >= 11 is 0. The molecule has 2 rings (SSSR count). The van der Waals surface area contributed by atoms with Crippen molar-refractivity contribution in [1.29, 1.82) is 0 Å². The van der Waals surface area contributed by atoms with E-state index in [4.69, 9.17) is 0 Å². The van der Waals surface area contributed by atoms with Gasteiger partial charge in [-0.2, -0.15) is 0 Å². The maximum atomic E-state index is 4.11. The van der Waals surface area contributed by atoms with Crippen molar-refractivity contribution >= 4 is 10.8 Å². The Hall–Kier alpha value is -1.37. The van der Waals surface area contributed by atoms with Crippen LogP contribution in [0.15, 0.2) is 30.6 Å². The van der Waals surface area contributed by atoms with Crippen LogP contribution in [0.1, 0.15) is 11.1 Å². The third-order valence-electron chi connectivity index (χ3n) is 2.36. The third-order valence-corrected chi connectivity index (χ3v) is 2.36. The lowest BCUT2D eigenvalue weighted by atomic mass is 10.0. The molecular weight excluding hydrogens is 146 g/mol. The van der Waals surface area contributed by atoms with Crippen LogP contribution in [0.25, 0.3) is 10.8 Å². The SMILES string of the molecule is Cc1ccc2ccncc2c1C. The Morgan fingerprint density at radius 3 is 2.75 bits per heavy atom. The molecule has 0 aliphatic carbocycles. The fraction of sp³-hybridized carbons (Fsp3) is 0.182. The van der Waals surface area contributed by atoms with E-state index >= 15 is 0 Å². The zero-order valence-electron chi connectivity index (χ0n) is 7.33. The Balaban J connectivity index is 2.91. The van der Waals surface area contributed by atoms with Gasteiger partial charge in [0.05, 0.1) is 0 Å². The van der Waals surface area contributed by atoms with Crippen molar-refractivity contribution in [2.75, 3.05) is 0 Å². The van der Waals surface area contributed by atoms with Crippen LogP contribution >= 0.6 is 0 Å². The molecule has 0 fully saturated rings. The van der Waals surface area contributed by atoms with Gasteiger partial charge in [0.2, 0.25) is 0 Å². The lowest BCUT2D eigenvalue weighted by Gasteiger charge is -2.03. The molecule has 1 aromatic heterocycles. The average molecular weight is 157 g/mol. The van der Waals surface area contributed by atoms with Crippen molar-refractivity contribution in [2.45, 2.75) is 13.8 Å². The monoisotopic (exact) mass is 157 g/mol. The molecule has 0 bridgehead atoms. The minimum atomic E-state index is 1.26. The summed E-state index contributed by atoms with van der Waals surface area (Å²) in [6.07, 6.45) is 3.76. The lowest BCUT2D eigenvalue weighted by molar-refractivity contribution is 1.32. The molecule has 0 spiro atoms. The van der Waals surface area contributed by atoms with Crippen molar-refractivity contribution in [3.8, 4) is 0 Å². The van der Waals surface area contributed by atoms with Crippen LogP contribution in [0.5, 0.6) is 0 Å². The number of benzene rings is 1. The van der Waals surface area contributed by atoms with Gasteiger partial charge in [0.25, 0.3) is 0 Å². The minimum Gasteiger partial charge on any atom is -0.264 e. The van der Waals surface area contributed by atoms with Gasteiger partial charge in [-0.25, -0.2) is 0 Å². The van der Waals surface area contributed by atoms with Crippen molar-refractivity contribution in [3.63, 3.8) is 0 Å². The highest BCUT2D eigenvalue weighted by atomic mass is 14.6. The summed E-state index contributed by atoms with van der Waals surface area (Å²) in [5.74, 6) is 0. The summed E-state index contributed by atoms with van der Waals surface area (Å²) in [6, 6.07) is 6.33. The maximum Gasteiger partial charge on any atom is 0.0349 e. The predicted molar refractivity (Wildman–Crippen MR) is 51.2 cm³/mol. The molecule has 0 atom stereocenters. The first-order chi connectivity index (χ1) is 5.79. The molecule has 1 aromatic carbocycles. The van der Waals surface area contributed by atoms with Gasteiger partial charge in [0.1, 0.15) is 0 Å². The Bertz CT molecular complexity index is 418. The van der Waals surface area contributed by atoms with Crippen LogP contribution in [0.4, 0.5) is 0 Å². The number of rotatable bonds is 0. The molecule has 1 heteroatoms. The van der Waals surface area contributed by atoms with Crippen molar-refractivity contribution in [1.82, 2.24) is 4.98 Å². The Kier molecular flexibility index (Phi) is 1.58. The van der Waals surface area contributed by atoms with E-state index in [9.17, 15) is 0 Å². The first-order valence-corrected chi connectivity index (χ1v) is 4.09. The second-order valence-corrected chi connectivity index (χ2v) is 3.10. The molecule has 2 aromatic rings. The normalized spacial score (nSPS) is 10.5. The molecular formula is C11H11N. The first kappa shape index (κ1) is 7.29. The molecule has 12 heavy (non-hydrogen) atoms. The van der Waals surface area contributed by atoms with E-state index in [1.54, 1.807) is 0 Å². The largest absolute Gasteiger partial charge is 0.264 e. The molecule has 60 valence electrons. The van der Waals surface area contributed by atoms with Gasteiger partial charge < -0.3 is 0 Å². The summed E-state index contributed by atoms with van der Waals surface area (Å²) in [5, 5.41) is 2.53. The second-order valence-electron chi connectivity index (χ2n) is 3.10. The van der Waals surface area contributed by atoms with E-state index in [0.29, 0.717) is 0 Å². The van der Waals surface area contributed by atoms with E-state index in [0.717, 1.165) is 0 Å². The molecule has 0 aliphatic heterocycles. The minimum absolute atomic E-state index is 1.26. The van der Waals surface area contributed by atoms with Crippen LogP contribution in [0, 0.1) is 13.8 Å². The molecule has 0 radical (unpaired) electrons. The third kappa shape index (κ3) is 0.981. The molecule has 0 unspecified atom stereocenters. The van der Waals surface area contributed by atoms with Crippen LogP contribution in [0.3, 0.4) is 0 Å². The predicted octanol–water partition coefficient (Wildman–Crippen LogP) is 2.85. The Morgan fingerprint density at radius 2 is 1.92 bits per heavy atom. The van der Waals surface area contributed by atoms with Crippen molar-refractivity contribution in [2.24, 2.45) is 0 Å². The van der Waals surface area contributed by atoms with Gasteiger partial charge in [-0.05, 0) is 36.4 Å². The number of pyridine rings is 1. The molecule has 0 aliphatic rings. The van der Waals surface area contributed by atoms with Crippen LogP contribution in [0.2, 0.25) is 0 Å². The van der Waals surface area contributed by atoms with Gasteiger partial charge >= 0.3 is 0 Å². The molecule has 1 heterocycles. The summed E-state index contributed by atoms with van der Waals surface area (Å²) < 4.78 is 0. The molecule has 0 N–H and O–H groups in total. The fourth-order valence-electron chi connectivity index (χ4n) is 1.42. The summed E-state index contributed by atoms with van der Waals surface area (Å²) in [6.45, 7) is 4.27. The van der Waals surface area contributed by atoms with E-state index in [1.807, 2.05) is 18.5 Å². The lowest BCUT2D eigenvalue weighted by Crippen LogP contribution is -1.83. The number of aryl methyl sites for hydroxylation is 2. The topological polar surface area (TPSA) is 12.9 Å². The average Bonchev–Trinajstić information content (AvgIpc) is 2.12. The van der Waals surface area contributed by atoms with Gasteiger partial charge in [-0.1, -0.05) is 12.1 Å². The zero-order valence-corrected chi connectivity index (χ0v) is 7.33. The summed E-state index contributed by atoms with van der Waals surface area (Å²) in [4.78, 5) is 4.11. The van der Waals surface area contributed by atoms with Gasteiger partial charge in [0.15, 0.2) is 0 Å². The number of fused-ring (bicyclic) bond motifs is 1. The number of nitrogens with zero attached hydrogens (tertiary/aromatic N) is 1. The first-order valence-electron chi connectivity index (χ1n) is 4.09. The molecule has 0 saturated heterocycles. The van der Waals surface area contributed by atoms with E-state index in [-0.39, 0.29) is 0 Å². The highest BCUT2D eigenvalue weighted by Gasteiger charge is 1.98. The fourth-order valence-corrected chi connectivity index (χ4v) is 1.42. The summed E-state index contributed by atoms with van der Waals surface area (Å²) in [5.41, 5.74) is 2.66. The highest BCUT2D eigenvalue weighted by Crippen LogP contribution is 2.19. The van der Waals surface area contributed by atoms with Gasteiger partial charge in [-0.3, -0.25) is 4.98 Å². The van der Waals surface area contributed by atoms with E-state index in [2.05, 4.69) is 31.0 Å². The van der Waals surface area contributed by atoms with Gasteiger partial charge in [-0.15, -0.1) is 0 Å². The second kappa shape index (κ2) is 2.59. The number of hydrogen-bond acceptors (Lipinski definition) is 1. The standard InChI is InChI=1S/C11H11N/c1-8-3-4-10-5-6-12-7-11(10)9(8)2/h3-7H,1-2H3. The maximum absolute atomic E-state index is 4.11. The van der Waals surface area contributed by atoms with Crippen molar-refractivity contribution < 1.29 is 0 Å². The van der Waals surface area contributed by atoms with E-state index in [1.165, 1.54) is 21.9 Å². The molecule has 1 nitrogen and oxygen atoms in total. The number of hydrogen-bond donors (Lipinski definition) is 0. The van der Waals surface area contributed by atoms with Crippen molar-refractivity contribution in [3.05, 3.63) is 41.7 Å². The highest BCUT2D eigenvalue weighted by molar-refractivity contribution is 5.85. The van der Waals surface area contributed by atoms with Gasteiger partial charge in [0, 0.05) is 17.8 Å². The zero-order chi connectivity index (χ0) is 8.55. The Morgan fingerprint density at radius 1 is 1.08 bits per heavy atom. The summed E-state index contributed by atoms with van der Waals surface area (Å²) in [7, 11) is 0. The quantitative estimate of drug-likeness (QED) is 0.573. The van der Waals surface area contributed by atoms with Crippen LogP contribution < -0.4 is 0 Å². The smallest absolute Gasteiger partial charge is 0.0349 e. The molecule has 0 amide bonds. The number of aromatic nitrogens is 1. The van der Waals surface area contributed by atoms with Crippen LogP contribution in [-0.4, -0.2) is 4.98 Å². The van der Waals surface area contributed by atoms with Crippen LogP contribution in [-0.2, 0) is 0 Å². The Labute approximate surface area is 72.1 Å². The molecule has 0 saturated carbocycles.